The fraction of sp³-hybridized carbons (Fsp3) is 0.0714. The molecular formula is C14H12ClFN2O3S. The van der Waals surface area contributed by atoms with Crippen molar-refractivity contribution in [2.75, 3.05) is 11.4 Å². The molecule has 0 radical (unpaired) electrons. The second kappa shape index (κ2) is 5.94. The number of carbonyl (C=O) groups excluding carboxylic acids is 1. The van der Waals surface area contributed by atoms with Crippen molar-refractivity contribution in [3.8, 4) is 0 Å². The molecule has 0 aliphatic carbocycles. The highest BCUT2D eigenvalue weighted by Gasteiger charge is 2.27. The van der Waals surface area contributed by atoms with Gasteiger partial charge in [0.2, 0.25) is 0 Å². The van der Waals surface area contributed by atoms with Crippen LogP contribution in [0.25, 0.3) is 0 Å². The van der Waals surface area contributed by atoms with Crippen LogP contribution in [0.2, 0.25) is 5.02 Å². The van der Waals surface area contributed by atoms with Gasteiger partial charge in [-0.2, -0.15) is 0 Å². The molecule has 0 aliphatic heterocycles. The van der Waals surface area contributed by atoms with E-state index in [1.165, 1.54) is 19.2 Å². The first-order valence-corrected chi connectivity index (χ1v) is 7.90. The molecule has 5 nitrogen and oxygen atoms in total. The van der Waals surface area contributed by atoms with Gasteiger partial charge in [0, 0.05) is 7.05 Å². The molecule has 0 unspecified atom stereocenters. The van der Waals surface area contributed by atoms with Crippen LogP contribution < -0.4 is 10.0 Å². The second-order valence-corrected chi connectivity index (χ2v) is 6.77. The molecule has 116 valence electrons. The molecule has 8 heteroatoms. The molecule has 0 saturated heterocycles. The van der Waals surface area contributed by atoms with E-state index in [2.05, 4.69) is 0 Å². The quantitative estimate of drug-likeness (QED) is 0.926. The molecule has 0 spiro atoms. The summed E-state index contributed by atoms with van der Waals surface area (Å²) in [6.07, 6.45) is 0. The van der Waals surface area contributed by atoms with Crippen molar-refractivity contribution in [3.05, 3.63) is 58.9 Å². The Hall–Kier alpha value is -2.12. The largest absolute Gasteiger partial charge is 0.366 e. The maximum atomic E-state index is 13.3. The second-order valence-electron chi connectivity index (χ2n) is 4.43. The number of amides is 1. The smallest absolute Gasteiger partial charge is 0.265 e. The third-order valence-corrected chi connectivity index (χ3v) is 5.29. The number of halogens is 2. The van der Waals surface area contributed by atoms with Gasteiger partial charge in [0.05, 0.1) is 16.3 Å². The number of primary amides is 1. The standard InChI is InChI=1S/C14H12ClFN2O3S/c1-18(12-5-3-2-4-10(12)14(17)19)22(20,21)13-8-9(16)6-7-11(13)15/h2-8H,1H3,(H2,17,19). The lowest BCUT2D eigenvalue weighted by molar-refractivity contribution is 0.100. The van der Waals surface area contributed by atoms with Crippen LogP contribution in [0.3, 0.4) is 0 Å². The van der Waals surface area contributed by atoms with E-state index in [1.807, 2.05) is 0 Å². The van der Waals surface area contributed by atoms with Gasteiger partial charge in [-0.25, -0.2) is 12.8 Å². The first kappa shape index (κ1) is 16.3. The van der Waals surface area contributed by atoms with E-state index < -0.39 is 26.6 Å². The van der Waals surface area contributed by atoms with Crippen molar-refractivity contribution >= 4 is 33.2 Å². The van der Waals surface area contributed by atoms with E-state index >= 15 is 0 Å². The molecule has 0 heterocycles. The Morgan fingerprint density at radius 2 is 1.86 bits per heavy atom. The van der Waals surface area contributed by atoms with Crippen LogP contribution in [-0.4, -0.2) is 21.4 Å². The monoisotopic (exact) mass is 342 g/mol. The van der Waals surface area contributed by atoms with Crippen LogP contribution in [0.15, 0.2) is 47.4 Å². The molecule has 2 aromatic carbocycles. The number of anilines is 1. The molecular weight excluding hydrogens is 331 g/mol. The molecule has 2 rings (SSSR count). The highest BCUT2D eigenvalue weighted by atomic mass is 35.5. The number of hydrogen-bond acceptors (Lipinski definition) is 3. The molecule has 0 aliphatic rings. The minimum Gasteiger partial charge on any atom is -0.366 e. The highest BCUT2D eigenvalue weighted by molar-refractivity contribution is 7.93. The number of carbonyl (C=O) groups is 1. The van der Waals surface area contributed by atoms with Gasteiger partial charge in [-0.3, -0.25) is 9.10 Å². The van der Waals surface area contributed by atoms with Crippen molar-refractivity contribution in [1.29, 1.82) is 0 Å². The molecule has 22 heavy (non-hydrogen) atoms. The van der Waals surface area contributed by atoms with E-state index in [0.717, 1.165) is 22.5 Å². The van der Waals surface area contributed by atoms with Crippen LogP contribution in [0.1, 0.15) is 10.4 Å². The summed E-state index contributed by atoms with van der Waals surface area (Å²) in [5.74, 6) is -1.51. The third-order valence-electron chi connectivity index (χ3n) is 3.04. The van der Waals surface area contributed by atoms with E-state index in [4.69, 9.17) is 17.3 Å². The average molecular weight is 343 g/mol. The molecule has 0 saturated carbocycles. The number of nitrogens with zero attached hydrogens (tertiary/aromatic N) is 1. The summed E-state index contributed by atoms with van der Waals surface area (Å²) in [6, 6.07) is 8.96. The maximum Gasteiger partial charge on any atom is 0.265 e. The first-order valence-electron chi connectivity index (χ1n) is 6.08. The molecule has 0 atom stereocenters. The summed E-state index contributed by atoms with van der Waals surface area (Å²) in [5, 5.41) is -0.121. The normalized spacial score (nSPS) is 11.2. The lowest BCUT2D eigenvalue weighted by Crippen LogP contribution is -2.29. The number of rotatable bonds is 4. The third kappa shape index (κ3) is 2.90. The van der Waals surface area contributed by atoms with Crippen LogP contribution >= 0.6 is 11.6 Å². The van der Waals surface area contributed by atoms with E-state index in [-0.39, 0.29) is 16.3 Å². The number of nitrogens with two attached hydrogens (primary N) is 1. The zero-order valence-electron chi connectivity index (χ0n) is 11.5. The topological polar surface area (TPSA) is 80.5 Å². The van der Waals surface area contributed by atoms with E-state index in [0.29, 0.717) is 0 Å². The molecule has 0 fully saturated rings. The number of hydrogen-bond donors (Lipinski definition) is 1. The molecule has 2 N–H and O–H groups in total. The number of para-hydroxylation sites is 1. The van der Waals surface area contributed by atoms with Gasteiger partial charge in [0.25, 0.3) is 15.9 Å². The predicted molar refractivity (Wildman–Crippen MR) is 82.0 cm³/mol. The fourth-order valence-electron chi connectivity index (χ4n) is 1.91. The van der Waals surface area contributed by atoms with Crippen LogP contribution in [0, 0.1) is 5.82 Å². The Morgan fingerprint density at radius 1 is 1.23 bits per heavy atom. The number of sulfonamides is 1. The first-order chi connectivity index (χ1) is 10.2. The van der Waals surface area contributed by atoms with Gasteiger partial charge in [0.15, 0.2) is 0 Å². The molecule has 0 bridgehead atoms. The summed E-state index contributed by atoms with van der Waals surface area (Å²) in [7, 11) is -2.91. The van der Waals surface area contributed by atoms with Crippen molar-refractivity contribution in [2.45, 2.75) is 4.90 Å². The zero-order chi connectivity index (χ0) is 16.5. The van der Waals surface area contributed by atoms with E-state index in [9.17, 15) is 17.6 Å². The zero-order valence-corrected chi connectivity index (χ0v) is 13.0. The Labute approximate surface area is 132 Å². The molecule has 0 aromatic heterocycles. The predicted octanol–water partition coefficient (Wildman–Crippen LogP) is 2.40. The van der Waals surface area contributed by atoms with Gasteiger partial charge in [-0.15, -0.1) is 0 Å². The lowest BCUT2D eigenvalue weighted by atomic mass is 10.2. The van der Waals surface area contributed by atoms with Crippen LogP contribution in [0.5, 0.6) is 0 Å². The Balaban J connectivity index is 2.60. The van der Waals surface area contributed by atoms with E-state index in [1.54, 1.807) is 12.1 Å². The SMILES string of the molecule is CN(c1ccccc1C(N)=O)S(=O)(=O)c1cc(F)ccc1Cl. The highest BCUT2D eigenvalue weighted by Crippen LogP contribution is 2.29. The van der Waals surface area contributed by atoms with Crippen molar-refractivity contribution in [2.24, 2.45) is 5.73 Å². The Morgan fingerprint density at radius 3 is 2.50 bits per heavy atom. The van der Waals surface area contributed by atoms with Gasteiger partial charge < -0.3 is 5.73 Å². The van der Waals surface area contributed by atoms with Gasteiger partial charge in [-0.1, -0.05) is 23.7 Å². The van der Waals surface area contributed by atoms with Crippen molar-refractivity contribution in [3.63, 3.8) is 0 Å². The molecule has 2 aromatic rings. The van der Waals surface area contributed by atoms with Crippen LogP contribution in [-0.2, 0) is 10.0 Å². The number of benzene rings is 2. The molecule has 1 amide bonds. The summed E-state index contributed by atoms with van der Waals surface area (Å²) in [4.78, 5) is 11.0. The van der Waals surface area contributed by atoms with Crippen molar-refractivity contribution in [1.82, 2.24) is 0 Å². The Kier molecular flexibility index (Phi) is 4.39. The summed E-state index contributed by atoms with van der Waals surface area (Å²) < 4.78 is 39.4. The van der Waals surface area contributed by atoms with Gasteiger partial charge in [-0.05, 0) is 30.3 Å². The van der Waals surface area contributed by atoms with Gasteiger partial charge in [0.1, 0.15) is 10.7 Å². The summed E-state index contributed by atoms with van der Waals surface area (Å²) in [6.45, 7) is 0. The maximum absolute atomic E-state index is 13.3. The van der Waals surface area contributed by atoms with Gasteiger partial charge >= 0.3 is 0 Å². The summed E-state index contributed by atoms with van der Waals surface area (Å²) in [5.41, 5.74) is 5.35. The lowest BCUT2D eigenvalue weighted by Gasteiger charge is -2.22. The minimum atomic E-state index is -4.15. The summed E-state index contributed by atoms with van der Waals surface area (Å²) >= 11 is 5.85. The fourth-order valence-corrected chi connectivity index (χ4v) is 3.61. The van der Waals surface area contributed by atoms with Crippen LogP contribution in [0.4, 0.5) is 10.1 Å². The minimum absolute atomic E-state index is 0.0288. The Bertz CT molecular complexity index is 840. The average Bonchev–Trinajstić information content (AvgIpc) is 2.48. The van der Waals surface area contributed by atoms with Crippen molar-refractivity contribution < 1.29 is 17.6 Å².